The van der Waals surface area contributed by atoms with Crippen LogP contribution in [-0.2, 0) is 17.5 Å². The number of ether oxygens (including phenoxy) is 1. The summed E-state index contributed by atoms with van der Waals surface area (Å²) < 4.78 is 43.3. The average Bonchev–Trinajstić information content (AvgIpc) is 2.67. The summed E-state index contributed by atoms with van der Waals surface area (Å²) >= 11 is 0. The molecule has 10 heteroatoms. The van der Waals surface area contributed by atoms with Gasteiger partial charge in [0.15, 0.2) is 0 Å². The molecule has 0 spiro atoms. The number of hydrogen-bond donors (Lipinski definition) is 1. The topological polar surface area (TPSA) is 84.7 Å². The summed E-state index contributed by atoms with van der Waals surface area (Å²) in [6.07, 6.45) is -4.66. The van der Waals surface area contributed by atoms with Gasteiger partial charge in [-0.15, -0.1) is 0 Å². The molecule has 0 bridgehead atoms. The Morgan fingerprint density at radius 3 is 2.41 bits per heavy atom. The van der Waals surface area contributed by atoms with Gasteiger partial charge in [0.2, 0.25) is 5.91 Å². The molecule has 0 saturated carbocycles. The maximum atomic E-state index is 12.7. The molecule has 0 heterocycles. The highest BCUT2D eigenvalue weighted by Crippen LogP contribution is 2.34. The summed E-state index contributed by atoms with van der Waals surface area (Å²) in [6.45, 7) is 0.404. The fourth-order valence-corrected chi connectivity index (χ4v) is 2.60. The molecule has 2 rings (SSSR count). The molecule has 7 nitrogen and oxygen atoms in total. The number of nitrogens with one attached hydrogen (secondary N) is 1. The standard InChI is InChI=1S/C19H20F3N3O4/c1-24(12-13-3-6-15(29-2)7-4-13)18(26)9-10-23-16-8-5-14(19(20,21)22)11-17(16)25(27)28/h3-8,11,23H,9-10,12H2,1-2H3. The van der Waals surface area contributed by atoms with Gasteiger partial charge in [-0.25, -0.2) is 0 Å². The number of carbonyl (C=O) groups excluding carboxylic acids is 1. The number of rotatable bonds is 8. The second-order valence-corrected chi connectivity index (χ2v) is 6.26. The van der Waals surface area contributed by atoms with E-state index in [1.807, 2.05) is 12.1 Å². The van der Waals surface area contributed by atoms with Crippen molar-refractivity contribution in [3.8, 4) is 5.75 Å². The Morgan fingerprint density at radius 2 is 1.86 bits per heavy atom. The highest BCUT2D eigenvalue weighted by molar-refractivity contribution is 5.76. The van der Waals surface area contributed by atoms with Crippen molar-refractivity contribution >= 4 is 17.3 Å². The minimum absolute atomic E-state index is 0.0187. The lowest BCUT2D eigenvalue weighted by Crippen LogP contribution is -2.27. The molecule has 0 radical (unpaired) electrons. The van der Waals surface area contributed by atoms with E-state index in [0.29, 0.717) is 18.4 Å². The largest absolute Gasteiger partial charge is 0.497 e. The number of anilines is 1. The van der Waals surface area contributed by atoms with Crippen LogP contribution in [0.25, 0.3) is 0 Å². The van der Waals surface area contributed by atoms with E-state index in [9.17, 15) is 28.1 Å². The van der Waals surface area contributed by atoms with Crippen LogP contribution in [0.1, 0.15) is 17.5 Å². The van der Waals surface area contributed by atoms with Crippen LogP contribution in [0.5, 0.6) is 5.75 Å². The minimum Gasteiger partial charge on any atom is -0.497 e. The Morgan fingerprint density at radius 1 is 1.21 bits per heavy atom. The molecule has 1 amide bonds. The Labute approximate surface area is 165 Å². The number of nitrogens with zero attached hydrogens (tertiary/aromatic N) is 2. The number of methoxy groups -OCH3 is 1. The SMILES string of the molecule is COc1ccc(CN(C)C(=O)CCNc2ccc(C(F)(F)F)cc2[N+](=O)[O-])cc1. The van der Waals surface area contributed by atoms with Gasteiger partial charge in [0.05, 0.1) is 17.6 Å². The van der Waals surface area contributed by atoms with E-state index in [-0.39, 0.29) is 24.6 Å². The highest BCUT2D eigenvalue weighted by Gasteiger charge is 2.33. The lowest BCUT2D eigenvalue weighted by molar-refractivity contribution is -0.384. The maximum Gasteiger partial charge on any atom is 0.416 e. The Bertz CT molecular complexity index is 870. The van der Waals surface area contributed by atoms with Gasteiger partial charge < -0.3 is 15.0 Å². The van der Waals surface area contributed by atoms with Gasteiger partial charge in [0, 0.05) is 32.6 Å². The quantitative estimate of drug-likeness (QED) is 0.523. The molecule has 0 unspecified atom stereocenters. The van der Waals surface area contributed by atoms with Crippen molar-refractivity contribution < 1.29 is 27.6 Å². The number of nitro groups is 1. The number of nitro benzene ring substituents is 1. The summed E-state index contributed by atoms with van der Waals surface area (Å²) in [5.74, 6) is 0.480. The molecule has 156 valence electrons. The number of carbonyl (C=O) groups is 1. The lowest BCUT2D eigenvalue weighted by atomic mass is 10.1. The van der Waals surface area contributed by atoms with Gasteiger partial charge in [0.1, 0.15) is 11.4 Å². The fourth-order valence-electron chi connectivity index (χ4n) is 2.60. The zero-order valence-corrected chi connectivity index (χ0v) is 15.8. The molecule has 2 aromatic rings. The molecule has 0 aliphatic carbocycles. The third kappa shape index (κ3) is 6.09. The highest BCUT2D eigenvalue weighted by atomic mass is 19.4. The number of alkyl halides is 3. The first kappa shape index (κ1) is 22.0. The fraction of sp³-hybridized carbons (Fsp3) is 0.316. The smallest absolute Gasteiger partial charge is 0.416 e. The van der Waals surface area contributed by atoms with E-state index in [2.05, 4.69) is 5.32 Å². The van der Waals surface area contributed by atoms with Crippen molar-refractivity contribution in [2.75, 3.05) is 26.0 Å². The Balaban J connectivity index is 1.94. The van der Waals surface area contributed by atoms with Crippen LogP contribution in [0.2, 0.25) is 0 Å². The van der Waals surface area contributed by atoms with Crippen molar-refractivity contribution in [2.24, 2.45) is 0 Å². The molecule has 0 fully saturated rings. The van der Waals surface area contributed by atoms with Crippen LogP contribution in [0, 0.1) is 10.1 Å². The van der Waals surface area contributed by atoms with E-state index >= 15 is 0 Å². The molecule has 2 aromatic carbocycles. The zero-order valence-electron chi connectivity index (χ0n) is 15.8. The molecule has 29 heavy (non-hydrogen) atoms. The number of hydrogen-bond acceptors (Lipinski definition) is 5. The molecule has 0 saturated heterocycles. The second-order valence-electron chi connectivity index (χ2n) is 6.26. The van der Waals surface area contributed by atoms with Crippen molar-refractivity contribution in [1.82, 2.24) is 4.90 Å². The van der Waals surface area contributed by atoms with E-state index in [1.54, 1.807) is 26.3 Å². The predicted octanol–water partition coefficient (Wildman–Crippen LogP) is 4.08. The Kier molecular flexibility index (Phi) is 7.03. The van der Waals surface area contributed by atoms with Crippen LogP contribution in [0.15, 0.2) is 42.5 Å². The van der Waals surface area contributed by atoms with Gasteiger partial charge >= 0.3 is 6.18 Å². The third-order valence-corrected chi connectivity index (χ3v) is 4.18. The lowest BCUT2D eigenvalue weighted by Gasteiger charge is -2.18. The van der Waals surface area contributed by atoms with E-state index in [4.69, 9.17) is 4.74 Å². The summed E-state index contributed by atoms with van der Waals surface area (Å²) in [6, 6.07) is 9.43. The van der Waals surface area contributed by atoms with Crippen LogP contribution >= 0.6 is 0 Å². The van der Waals surface area contributed by atoms with Crippen LogP contribution < -0.4 is 10.1 Å². The van der Waals surface area contributed by atoms with Crippen molar-refractivity contribution in [3.63, 3.8) is 0 Å². The number of amides is 1. The first-order chi connectivity index (χ1) is 13.6. The second kappa shape index (κ2) is 9.26. The van der Waals surface area contributed by atoms with Gasteiger partial charge in [-0.3, -0.25) is 14.9 Å². The average molecular weight is 411 g/mol. The summed E-state index contributed by atoms with van der Waals surface area (Å²) in [5.41, 5.74) is -0.981. The summed E-state index contributed by atoms with van der Waals surface area (Å²) in [4.78, 5) is 23.9. The number of halogens is 3. The minimum atomic E-state index is -4.68. The third-order valence-electron chi connectivity index (χ3n) is 4.18. The molecule has 0 atom stereocenters. The van der Waals surface area contributed by atoms with Crippen molar-refractivity contribution in [2.45, 2.75) is 19.1 Å². The molecular weight excluding hydrogens is 391 g/mol. The first-order valence-corrected chi connectivity index (χ1v) is 8.58. The maximum absolute atomic E-state index is 12.7. The predicted molar refractivity (Wildman–Crippen MR) is 101 cm³/mol. The summed E-state index contributed by atoms with van der Waals surface area (Å²) in [5, 5.41) is 13.7. The van der Waals surface area contributed by atoms with E-state index in [0.717, 1.165) is 17.7 Å². The summed E-state index contributed by atoms with van der Waals surface area (Å²) in [7, 11) is 3.17. The van der Waals surface area contributed by atoms with Gasteiger partial charge in [0.25, 0.3) is 5.69 Å². The van der Waals surface area contributed by atoms with Gasteiger partial charge in [-0.1, -0.05) is 12.1 Å². The first-order valence-electron chi connectivity index (χ1n) is 8.58. The number of benzene rings is 2. The van der Waals surface area contributed by atoms with E-state index < -0.39 is 22.4 Å². The molecular formula is C19H20F3N3O4. The van der Waals surface area contributed by atoms with Crippen LogP contribution in [0.4, 0.5) is 24.5 Å². The normalized spacial score (nSPS) is 11.1. The molecule has 0 aliphatic rings. The molecule has 0 aromatic heterocycles. The van der Waals surface area contributed by atoms with Crippen molar-refractivity contribution in [3.05, 3.63) is 63.7 Å². The van der Waals surface area contributed by atoms with Gasteiger partial charge in [-0.2, -0.15) is 13.2 Å². The van der Waals surface area contributed by atoms with Crippen LogP contribution in [0.3, 0.4) is 0 Å². The monoisotopic (exact) mass is 411 g/mol. The van der Waals surface area contributed by atoms with Gasteiger partial charge in [-0.05, 0) is 29.8 Å². The Hall–Kier alpha value is -3.30. The van der Waals surface area contributed by atoms with Crippen LogP contribution in [-0.4, -0.2) is 36.4 Å². The van der Waals surface area contributed by atoms with Crippen molar-refractivity contribution in [1.29, 1.82) is 0 Å². The zero-order chi connectivity index (χ0) is 21.6. The molecule has 1 N–H and O–H groups in total. The van der Waals surface area contributed by atoms with E-state index in [1.165, 1.54) is 4.90 Å². The molecule has 0 aliphatic heterocycles.